The highest BCUT2D eigenvalue weighted by molar-refractivity contribution is 8.00. The van der Waals surface area contributed by atoms with Gasteiger partial charge in [-0.2, -0.15) is 11.8 Å². The first kappa shape index (κ1) is 16.9. The lowest BCUT2D eigenvalue weighted by molar-refractivity contribution is -0.146. The third-order valence-corrected chi connectivity index (χ3v) is 6.36. The quantitative estimate of drug-likeness (QED) is 0.622. The normalized spacial score (nSPS) is 35.0. The van der Waals surface area contributed by atoms with E-state index in [1.54, 1.807) is 0 Å². The molecule has 7 nitrogen and oxygen atoms in total. The fourth-order valence-corrected chi connectivity index (χ4v) is 5.29. The molecule has 2 amide bonds. The van der Waals surface area contributed by atoms with Crippen molar-refractivity contribution in [1.29, 1.82) is 0 Å². The fraction of sp³-hybridized carbons (Fsp3) is 0.867. The second-order valence-corrected chi connectivity index (χ2v) is 7.70. The van der Waals surface area contributed by atoms with Crippen molar-refractivity contribution in [3.05, 3.63) is 0 Å². The molecule has 0 aliphatic carbocycles. The second kappa shape index (κ2) is 7.27. The lowest BCUT2D eigenvalue weighted by Crippen LogP contribution is -2.49. The van der Waals surface area contributed by atoms with Crippen LogP contribution >= 0.6 is 11.8 Å². The van der Waals surface area contributed by atoms with Crippen LogP contribution in [0.3, 0.4) is 0 Å². The van der Waals surface area contributed by atoms with Crippen LogP contribution in [0.15, 0.2) is 0 Å². The Balaban J connectivity index is 1.59. The molecule has 3 heterocycles. The van der Waals surface area contributed by atoms with Crippen molar-refractivity contribution in [2.45, 2.75) is 68.2 Å². The SMILES string of the molecule is O=C(O)C(O)CCC[C@@H]1SC[C@@H]2NC(=O)N(C3CCCCO3)[C@@H]21. The number of carboxylic acid groups (broad SMARTS) is 1. The van der Waals surface area contributed by atoms with Gasteiger partial charge in [0, 0.05) is 17.6 Å². The first-order chi connectivity index (χ1) is 11.1. The summed E-state index contributed by atoms with van der Waals surface area (Å²) in [4.78, 5) is 24.9. The Morgan fingerprint density at radius 2 is 2.30 bits per heavy atom. The summed E-state index contributed by atoms with van der Waals surface area (Å²) >= 11 is 1.82. The summed E-state index contributed by atoms with van der Waals surface area (Å²) in [5, 5.41) is 21.4. The molecule has 130 valence electrons. The predicted octanol–water partition coefficient (Wildman–Crippen LogP) is 1.01. The summed E-state index contributed by atoms with van der Waals surface area (Å²) in [6, 6.07) is 0.216. The Labute approximate surface area is 139 Å². The Bertz CT molecular complexity index is 457. The van der Waals surface area contributed by atoms with Gasteiger partial charge in [0.2, 0.25) is 0 Å². The highest BCUT2D eigenvalue weighted by Crippen LogP contribution is 2.39. The number of rotatable bonds is 6. The number of aliphatic hydroxyl groups is 1. The molecule has 0 bridgehead atoms. The summed E-state index contributed by atoms with van der Waals surface area (Å²) in [6.45, 7) is 0.703. The number of aliphatic hydroxyl groups excluding tert-OH is 1. The van der Waals surface area contributed by atoms with Crippen LogP contribution in [0.4, 0.5) is 4.79 Å². The Hall–Kier alpha value is -0.990. The number of amides is 2. The molecule has 3 fully saturated rings. The summed E-state index contributed by atoms with van der Waals surface area (Å²) in [5.41, 5.74) is 0. The van der Waals surface area contributed by atoms with Gasteiger partial charge in [0.15, 0.2) is 6.10 Å². The lowest BCUT2D eigenvalue weighted by atomic mass is 10.00. The van der Waals surface area contributed by atoms with E-state index >= 15 is 0 Å². The van der Waals surface area contributed by atoms with E-state index in [0.29, 0.717) is 13.0 Å². The molecule has 0 aromatic heterocycles. The third kappa shape index (κ3) is 3.59. The van der Waals surface area contributed by atoms with Gasteiger partial charge < -0.3 is 20.3 Å². The van der Waals surface area contributed by atoms with Gasteiger partial charge in [-0.1, -0.05) is 0 Å². The van der Waals surface area contributed by atoms with Crippen molar-refractivity contribution < 1.29 is 24.5 Å². The van der Waals surface area contributed by atoms with E-state index in [1.165, 1.54) is 0 Å². The Morgan fingerprint density at radius 1 is 1.48 bits per heavy atom. The third-order valence-electron chi connectivity index (χ3n) is 4.86. The maximum absolute atomic E-state index is 12.3. The zero-order chi connectivity index (χ0) is 16.4. The van der Waals surface area contributed by atoms with Crippen molar-refractivity contribution in [2.75, 3.05) is 12.4 Å². The lowest BCUT2D eigenvalue weighted by Gasteiger charge is -2.36. The van der Waals surface area contributed by atoms with Gasteiger partial charge in [-0.05, 0) is 38.5 Å². The maximum Gasteiger partial charge on any atom is 0.332 e. The van der Waals surface area contributed by atoms with Crippen molar-refractivity contribution in [1.82, 2.24) is 10.2 Å². The fourth-order valence-electron chi connectivity index (χ4n) is 3.71. The number of carbonyl (C=O) groups excluding carboxylic acids is 1. The number of hydrogen-bond donors (Lipinski definition) is 3. The molecule has 3 saturated heterocycles. The highest BCUT2D eigenvalue weighted by atomic mass is 32.2. The summed E-state index contributed by atoms with van der Waals surface area (Å²) in [7, 11) is 0. The molecule has 5 atom stereocenters. The van der Waals surface area contributed by atoms with Crippen LogP contribution in [0.1, 0.15) is 38.5 Å². The largest absolute Gasteiger partial charge is 0.479 e. The molecule has 0 radical (unpaired) electrons. The van der Waals surface area contributed by atoms with E-state index in [2.05, 4.69) is 5.32 Å². The van der Waals surface area contributed by atoms with Gasteiger partial charge >= 0.3 is 12.0 Å². The molecule has 0 spiro atoms. The molecular formula is C15H24N2O5S. The molecule has 23 heavy (non-hydrogen) atoms. The smallest absolute Gasteiger partial charge is 0.332 e. The van der Waals surface area contributed by atoms with Crippen LogP contribution in [0.5, 0.6) is 0 Å². The number of thioether (sulfide) groups is 1. The van der Waals surface area contributed by atoms with Gasteiger partial charge in [0.25, 0.3) is 0 Å². The van der Waals surface area contributed by atoms with E-state index in [-0.39, 0.29) is 36.0 Å². The maximum atomic E-state index is 12.3. The molecule has 0 saturated carbocycles. The topological polar surface area (TPSA) is 99.1 Å². The number of urea groups is 1. The number of carboxylic acids is 1. The zero-order valence-corrected chi connectivity index (χ0v) is 13.8. The van der Waals surface area contributed by atoms with Gasteiger partial charge in [-0.3, -0.25) is 4.90 Å². The van der Waals surface area contributed by atoms with Crippen molar-refractivity contribution in [3.8, 4) is 0 Å². The second-order valence-electron chi connectivity index (χ2n) is 6.43. The van der Waals surface area contributed by atoms with Gasteiger partial charge in [0.1, 0.15) is 6.23 Å². The first-order valence-corrected chi connectivity index (χ1v) is 9.35. The minimum atomic E-state index is -1.29. The molecule has 0 aromatic carbocycles. The number of aliphatic carboxylic acids is 1. The van der Waals surface area contributed by atoms with E-state index < -0.39 is 12.1 Å². The van der Waals surface area contributed by atoms with Crippen LogP contribution in [-0.4, -0.2) is 69.1 Å². The van der Waals surface area contributed by atoms with Crippen molar-refractivity contribution in [3.63, 3.8) is 0 Å². The van der Waals surface area contributed by atoms with Gasteiger partial charge in [-0.25, -0.2) is 9.59 Å². The van der Waals surface area contributed by atoms with Gasteiger partial charge in [-0.15, -0.1) is 0 Å². The number of nitrogens with one attached hydrogen (secondary N) is 1. The molecule has 2 unspecified atom stereocenters. The van der Waals surface area contributed by atoms with Crippen molar-refractivity contribution >= 4 is 23.8 Å². The first-order valence-electron chi connectivity index (χ1n) is 8.31. The standard InChI is InChI=1S/C15H24N2O5S/c18-10(14(19)20)4-3-5-11-13-9(8-23-11)16-15(21)17(13)12-6-1-2-7-22-12/h9-13,18H,1-8H2,(H,16,21)(H,19,20)/t9-,10?,11-,12?,13-/m0/s1. The number of carbonyl (C=O) groups is 2. The van der Waals surface area contributed by atoms with Crippen LogP contribution < -0.4 is 5.32 Å². The molecule has 3 aliphatic heterocycles. The molecule has 8 heteroatoms. The molecule has 3 rings (SSSR count). The summed E-state index contributed by atoms with van der Waals surface area (Å²) in [6.07, 6.45) is 3.27. The number of nitrogens with zero attached hydrogens (tertiary/aromatic N) is 1. The average Bonchev–Trinajstić information content (AvgIpc) is 3.06. The number of hydrogen-bond acceptors (Lipinski definition) is 5. The molecule has 3 aliphatic rings. The Kier molecular flexibility index (Phi) is 5.33. The van der Waals surface area contributed by atoms with Crippen LogP contribution in [0.25, 0.3) is 0 Å². The Morgan fingerprint density at radius 3 is 3.00 bits per heavy atom. The minimum Gasteiger partial charge on any atom is -0.479 e. The minimum absolute atomic E-state index is 0.0391. The average molecular weight is 344 g/mol. The van der Waals surface area contributed by atoms with Crippen LogP contribution in [0, 0.1) is 0 Å². The van der Waals surface area contributed by atoms with Crippen LogP contribution in [-0.2, 0) is 9.53 Å². The number of ether oxygens (including phenoxy) is 1. The van der Waals surface area contributed by atoms with Gasteiger partial charge in [0.05, 0.1) is 12.1 Å². The predicted molar refractivity (Wildman–Crippen MR) is 85.3 cm³/mol. The highest BCUT2D eigenvalue weighted by Gasteiger charge is 2.50. The van der Waals surface area contributed by atoms with E-state index in [1.807, 2.05) is 16.7 Å². The summed E-state index contributed by atoms with van der Waals surface area (Å²) < 4.78 is 5.80. The van der Waals surface area contributed by atoms with E-state index in [0.717, 1.165) is 31.4 Å². The van der Waals surface area contributed by atoms with Crippen LogP contribution in [0.2, 0.25) is 0 Å². The molecule has 0 aromatic rings. The molecular weight excluding hydrogens is 320 g/mol. The monoisotopic (exact) mass is 344 g/mol. The zero-order valence-electron chi connectivity index (χ0n) is 13.0. The van der Waals surface area contributed by atoms with Crippen molar-refractivity contribution in [2.24, 2.45) is 0 Å². The molecule has 3 N–H and O–H groups in total. The number of fused-ring (bicyclic) bond motifs is 1. The van der Waals surface area contributed by atoms with E-state index in [9.17, 15) is 14.7 Å². The summed E-state index contributed by atoms with van der Waals surface area (Å²) in [5.74, 6) is -0.289. The van der Waals surface area contributed by atoms with E-state index in [4.69, 9.17) is 9.84 Å².